The lowest BCUT2D eigenvalue weighted by Crippen LogP contribution is -2.49. The smallest absolute Gasteiger partial charge is 0.127 e. The molecule has 0 N–H and O–H groups in total. The zero-order chi connectivity index (χ0) is 19.4. The molecule has 2 heteroatoms. The van der Waals surface area contributed by atoms with E-state index in [1.807, 2.05) is 0 Å². The van der Waals surface area contributed by atoms with Gasteiger partial charge >= 0.3 is 0 Å². The van der Waals surface area contributed by atoms with Crippen molar-refractivity contribution in [1.29, 1.82) is 0 Å². The number of hydrogen-bond donors (Lipinski definition) is 0. The van der Waals surface area contributed by atoms with Crippen LogP contribution >= 0.6 is 0 Å². The Hall–Kier alpha value is -1.05. The Morgan fingerprint density at radius 1 is 0.893 bits per heavy atom. The van der Waals surface area contributed by atoms with E-state index in [0.29, 0.717) is 16.9 Å². The molecule has 5 rings (SSSR count). The fraction of sp³-hybridized carbons (Fsp3) is 0.808. The molecule has 0 aliphatic heterocycles. The number of rotatable bonds is 2. The summed E-state index contributed by atoms with van der Waals surface area (Å²) in [5.74, 6) is 2.68. The van der Waals surface area contributed by atoms with Crippen LogP contribution in [0.4, 0.5) is 0 Å². The minimum absolute atomic E-state index is 0.371. The number of fused-ring (bicyclic) bond motifs is 5. The monoisotopic (exact) mass is 381 g/mol. The second-order valence-electron chi connectivity index (χ2n) is 11.0. The number of allylic oxidation sites excluding steroid dienone is 3. The van der Waals surface area contributed by atoms with Gasteiger partial charge < -0.3 is 4.84 Å². The maximum absolute atomic E-state index is 5.96. The van der Waals surface area contributed by atoms with Crippen molar-refractivity contribution in [3.63, 3.8) is 0 Å². The minimum atomic E-state index is 0.371. The molecule has 4 fully saturated rings. The molecule has 0 aromatic carbocycles. The largest absolute Gasteiger partial charge is 0.392 e. The van der Waals surface area contributed by atoms with E-state index in [2.05, 4.69) is 31.7 Å². The van der Waals surface area contributed by atoms with Crippen LogP contribution in [0.25, 0.3) is 0 Å². The van der Waals surface area contributed by atoms with Crippen molar-refractivity contribution in [1.82, 2.24) is 0 Å². The van der Waals surface area contributed by atoms with Crippen LogP contribution < -0.4 is 0 Å². The highest BCUT2D eigenvalue weighted by atomic mass is 16.6. The highest BCUT2D eigenvalue weighted by molar-refractivity contribution is 5.96. The quantitative estimate of drug-likeness (QED) is 0.366. The molecule has 5 atom stereocenters. The molecule has 0 bridgehead atoms. The van der Waals surface area contributed by atoms with Gasteiger partial charge in [-0.1, -0.05) is 43.1 Å². The Bertz CT molecular complexity index is 699. The van der Waals surface area contributed by atoms with Crippen LogP contribution in [-0.4, -0.2) is 11.8 Å². The SMILES string of the molecule is C=C1CCC2C3CCC4=CC(=NOC5CCCCC5)CC[C@]4(C)C3CC[C@]12C. The highest BCUT2D eigenvalue weighted by Gasteiger charge is 2.57. The normalized spacial score (nSPS) is 45.2. The van der Waals surface area contributed by atoms with Crippen LogP contribution in [0.3, 0.4) is 0 Å². The first-order valence-corrected chi connectivity index (χ1v) is 12.1. The van der Waals surface area contributed by atoms with Crippen molar-refractivity contribution in [2.45, 2.75) is 103 Å². The van der Waals surface area contributed by atoms with Crippen molar-refractivity contribution < 1.29 is 4.84 Å². The molecule has 2 nitrogen and oxygen atoms in total. The van der Waals surface area contributed by atoms with Crippen molar-refractivity contribution in [3.05, 3.63) is 23.8 Å². The van der Waals surface area contributed by atoms with Gasteiger partial charge in [0.2, 0.25) is 0 Å². The molecule has 0 spiro atoms. The van der Waals surface area contributed by atoms with Gasteiger partial charge in [0.15, 0.2) is 0 Å². The second kappa shape index (κ2) is 7.03. The Morgan fingerprint density at radius 2 is 1.68 bits per heavy atom. The van der Waals surface area contributed by atoms with Gasteiger partial charge in [0.25, 0.3) is 0 Å². The van der Waals surface area contributed by atoms with Gasteiger partial charge in [0.05, 0.1) is 5.71 Å². The summed E-state index contributed by atoms with van der Waals surface area (Å²) >= 11 is 0. The maximum Gasteiger partial charge on any atom is 0.127 e. The van der Waals surface area contributed by atoms with Crippen LogP contribution in [0.5, 0.6) is 0 Å². The molecular formula is C26H39NO. The molecule has 5 aliphatic carbocycles. The second-order valence-corrected chi connectivity index (χ2v) is 11.0. The van der Waals surface area contributed by atoms with E-state index in [1.165, 1.54) is 82.8 Å². The van der Waals surface area contributed by atoms with Crippen molar-refractivity contribution in [2.75, 3.05) is 0 Å². The Balaban J connectivity index is 1.33. The zero-order valence-corrected chi connectivity index (χ0v) is 18.1. The minimum Gasteiger partial charge on any atom is -0.392 e. The summed E-state index contributed by atoms with van der Waals surface area (Å²) in [5.41, 5.74) is 5.30. The Kier molecular flexibility index (Phi) is 4.75. The lowest BCUT2D eigenvalue weighted by molar-refractivity contribution is -0.0229. The highest BCUT2D eigenvalue weighted by Crippen LogP contribution is 2.66. The lowest BCUT2D eigenvalue weighted by atomic mass is 9.47. The molecule has 5 aliphatic rings. The third-order valence-electron chi connectivity index (χ3n) is 9.80. The zero-order valence-electron chi connectivity index (χ0n) is 18.1. The van der Waals surface area contributed by atoms with Gasteiger partial charge in [-0.2, -0.15) is 0 Å². The molecule has 0 saturated heterocycles. The summed E-state index contributed by atoms with van der Waals surface area (Å²) in [7, 11) is 0. The van der Waals surface area contributed by atoms with Crippen molar-refractivity contribution in [3.8, 4) is 0 Å². The van der Waals surface area contributed by atoms with E-state index in [0.717, 1.165) is 24.2 Å². The standard InChI is InChI=1S/C26H39NO/c1-18-9-12-23-22-11-10-19-17-20(27-28-21-7-5-4-6-8-21)13-15-26(19,3)24(22)14-16-25(18,23)2/h17,21-24H,1,4-16H2,2-3H3/t22?,23?,24?,25-,26+/m1/s1. The first kappa shape index (κ1) is 18.9. The van der Waals surface area contributed by atoms with E-state index in [9.17, 15) is 0 Å². The molecule has 0 heterocycles. The van der Waals surface area contributed by atoms with E-state index in [1.54, 1.807) is 11.1 Å². The molecule has 0 aromatic rings. The molecule has 0 aromatic heterocycles. The van der Waals surface area contributed by atoms with Gasteiger partial charge in [0.1, 0.15) is 6.10 Å². The summed E-state index contributed by atoms with van der Waals surface area (Å²) in [5, 5.41) is 4.64. The van der Waals surface area contributed by atoms with Gasteiger partial charge in [0, 0.05) is 0 Å². The molecule has 28 heavy (non-hydrogen) atoms. The van der Waals surface area contributed by atoms with E-state index in [4.69, 9.17) is 4.84 Å². The molecule has 154 valence electrons. The fourth-order valence-electron chi connectivity index (χ4n) is 7.86. The third kappa shape index (κ3) is 2.92. The first-order valence-electron chi connectivity index (χ1n) is 12.1. The number of nitrogens with zero attached hydrogens (tertiary/aromatic N) is 1. The predicted octanol–water partition coefficient (Wildman–Crippen LogP) is 7.21. The summed E-state index contributed by atoms with van der Waals surface area (Å²) in [4.78, 5) is 5.96. The molecule has 0 radical (unpaired) electrons. The summed E-state index contributed by atoms with van der Waals surface area (Å²) in [6.45, 7) is 9.59. The van der Waals surface area contributed by atoms with Gasteiger partial charge in [-0.25, -0.2) is 0 Å². The van der Waals surface area contributed by atoms with Gasteiger partial charge in [-0.05, 0) is 112 Å². The summed E-state index contributed by atoms with van der Waals surface area (Å²) in [6, 6.07) is 0. The van der Waals surface area contributed by atoms with E-state index < -0.39 is 0 Å². The first-order chi connectivity index (χ1) is 13.5. The Morgan fingerprint density at radius 3 is 2.50 bits per heavy atom. The van der Waals surface area contributed by atoms with Crippen molar-refractivity contribution >= 4 is 5.71 Å². The fourth-order valence-corrected chi connectivity index (χ4v) is 7.86. The van der Waals surface area contributed by atoms with Crippen molar-refractivity contribution in [2.24, 2.45) is 33.7 Å². The third-order valence-corrected chi connectivity index (χ3v) is 9.80. The summed E-state index contributed by atoms with van der Waals surface area (Å²) < 4.78 is 0. The van der Waals surface area contributed by atoms with Crippen LogP contribution in [0, 0.1) is 28.6 Å². The maximum atomic E-state index is 5.96. The Labute approximate surface area is 171 Å². The lowest BCUT2D eigenvalue weighted by Gasteiger charge is -2.57. The number of hydrogen-bond acceptors (Lipinski definition) is 2. The molecule has 4 saturated carbocycles. The predicted molar refractivity (Wildman–Crippen MR) is 116 cm³/mol. The van der Waals surface area contributed by atoms with Crippen LogP contribution in [0.15, 0.2) is 29.0 Å². The molecular weight excluding hydrogens is 342 g/mol. The average molecular weight is 382 g/mol. The van der Waals surface area contributed by atoms with E-state index in [-0.39, 0.29) is 0 Å². The van der Waals surface area contributed by atoms with Gasteiger partial charge in [-0.3, -0.25) is 0 Å². The van der Waals surface area contributed by atoms with Crippen LogP contribution in [0.2, 0.25) is 0 Å². The van der Waals surface area contributed by atoms with Crippen LogP contribution in [-0.2, 0) is 4.84 Å². The van der Waals surface area contributed by atoms with E-state index >= 15 is 0 Å². The van der Waals surface area contributed by atoms with Gasteiger partial charge in [-0.15, -0.1) is 0 Å². The molecule has 3 unspecified atom stereocenters. The molecule has 0 amide bonds. The summed E-state index contributed by atoms with van der Waals surface area (Å²) in [6.07, 6.45) is 19.7. The number of oxime groups is 1. The van der Waals surface area contributed by atoms with Crippen LogP contribution in [0.1, 0.15) is 97.3 Å². The topological polar surface area (TPSA) is 21.6 Å². The average Bonchev–Trinajstić information content (AvgIpc) is 3.02.